The summed E-state index contributed by atoms with van der Waals surface area (Å²) in [5.74, 6) is -0.333. The zero-order valence-corrected chi connectivity index (χ0v) is 10.7. The molecule has 0 radical (unpaired) electrons. The summed E-state index contributed by atoms with van der Waals surface area (Å²) in [5.41, 5.74) is 0.448. The zero-order chi connectivity index (χ0) is 13.9. The molecular formula is C13H19FN2O3. The van der Waals surface area contributed by atoms with Gasteiger partial charge in [0.2, 0.25) is 0 Å². The third kappa shape index (κ3) is 6.73. The summed E-state index contributed by atoms with van der Waals surface area (Å²) in [5, 5.41) is 13.7. The van der Waals surface area contributed by atoms with Crippen molar-refractivity contribution >= 4 is 6.03 Å². The predicted octanol–water partition coefficient (Wildman–Crippen LogP) is 1.02. The number of carbonyl (C=O) groups is 1. The largest absolute Gasteiger partial charge is 0.394 e. The fraction of sp³-hybridized carbons (Fsp3) is 0.462. The van der Waals surface area contributed by atoms with Crippen LogP contribution in [0.15, 0.2) is 24.3 Å². The van der Waals surface area contributed by atoms with E-state index in [0.29, 0.717) is 31.7 Å². The van der Waals surface area contributed by atoms with Gasteiger partial charge in [0.15, 0.2) is 0 Å². The summed E-state index contributed by atoms with van der Waals surface area (Å²) >= 11 is 0. The molecule has 19 heavy (non-hydrogen) atoms. The lowest BCUT2D eigenvalue weighted by atomic mass is 10.2. The van der Waals surface area contributed by atoms with E-state index in [1.165, 1.54) is 6.07 Å². The number of carbonyl (C=O) groups excluding carboxylic acids is 1. The summed E-state index contributed by atoms with van der Waals surface area (Å²) in [4.78, 5) is 11.4. The topological polar surface area (TPSA) is 70.6 Å². The van der Waals surface area contributed by atoms with Crippen LogP contribution in [0.25, 0.3) is 0 Å². The van der Waals surface area contributed by atoms with Gasteiger partial charge in [0.25, 0.3) is 0 Å². The molecule has 3 N–H and O–H groups in total. The first kappa shape index (κ1) is 15.4. The van der Waals surface area contributed by atoms with Crippen molar-refractivity contribution in [3.05, 3.63) is 35.6 Å². The average molecular weight is 270 g/mol. The molecule has 0 heterocycles. The molecule has 0 bridgehead atoms. The van der Waals surface area contributed by atoms with Gasteiger partial charge in [-0.1, -0.05) is 18.2 Å². The van der Waals surface area contributed by atoms with E-state index in [-0.39, 0.29) is 25.0 Å². The molecule has 0 aliphatic heterocycles. The third-order valence-electron chi connectivity index (χ3n) is 2.38. The van der Waals surface area contributed by atoms with E-state index in [4.69, 9.17) is 9.84 Å². The standard InChI is InChI=1S/C13H19FN2O3/c14-12-5-2-1-4-11(12)10-16-13(18)15-6-3-8-19-9-7-17/h1-2,4-5,17H,3,6-10H2,(H2,15,16,18). The lowest BCUT2D eigenvalue weighted by Gasteiger charge is -2.08. The molecule has 2 amide bonds. The molecule has 5 nitrogen and oxygen atoms in total. The SMILES string of the molecule is O=C(NCCCOCCO)NCc1ccccc1F. The van der Waals surface area contributed by atoms with Gasteiger partial charge in [-0.25, -0.2) is 9.18 Å². The second-order valence-corrected chi connectivity index (χ2v) is 3.89. The molecule has 0 aromatic heterocycles. The zero-order valence-electron chi connectivity index (χ0n) is 10.7. The van der Waals surface area contributed by atoms with Crippen LogP contribution < -0.4 is 10.6 Å². The van der Waals surface area contributed by atoms with Crippen molar-refractivity contribution < 1.29 is 19.0 Å². The highest BCUT2D eigenvalue weighted by Crippen LogP contribution is 2.05. The number of rotatable bonds is 8. The van der Waals surface area contributed by atoms with Crippen molar-refractivity contribution in [2.75, 3.05) is 26.4 Å². The van der Waals surface area contributed by atoms with Gasteiger partial charge in [0, 0.05) is 25.3 Å². The Hall–Kier alpha value is -1.66. The Balaban J connectivity index is 2.10. The Morgan fingerprint density at radius 2 is 2.05 bits per heavy atom. The van der Waals surface area contributed by atoms with Crippen molar-refractivity contribution in [2.24, 2.45) is 0 Å². The number of urea groups is 1. The predicted molar refractivity (Wildman–Crippen MR) is 69.2 cm³/mol. The minimum absolute atomic E-state index is 0.00342. The molecule has 0 spiro atoms. The van der Waals surface area contributed by atoms with E-state index in [1.807, 2.05) is 0 Å². The van der Waals surface area contributed by atoms with E-state index in [2.05, 4.69) is 10.6 Å². The average Bonchev–Trinajstić information content (AvgIpc) is 2.42. The second kappa shape index (κ2) is 9.29. The van der Waals surface area contributed by atoms with Crippen LogP contribution in [0.4, 0.5) is 9.18 Å². The fourth-order valence-corrected chi connectivity index (χ4v) is 1.42. The number of halogens is 1. The van der Waals surface area contributed by atoms with E-state index >= 15 is 0 Å². The van der Waals surface area contributed by atoms with Crippen LogP contribution in [0.3, 0.4) is 0 Å². The molecule has 0 atom stereocenters. The van der Waals surface area contributed by atoms with Crippen LogP contribution in [-0.2, 0) is 11.3 Å². The molecular weight excluding hydrogens is 251 g/mol. The number of aliphatic hydroxyl groups excluding tert-OH is 1. The molecule has 0 saturated carbocycles. The minimum Gasteiger partial charge on any atom is -0.394 e. The van der Waals surface area contributed by atoms with Gasteiger partial charge >= 0.3 is 6.03 Å². The van der Waals surface area contributed by atoms with E-state index < -0.39 is 0 Å². The number of hydrogen-bond acceptors (Lipinski definition) is 3. The maximum absolute atomic E-state index is 13.3. The minimum atomic E-state index is -0.342. The van der Waals surface area contributed by atoms with Crippen LogP contribution in [0, 0.1) is 5.82 Å². The van der Waals surface area contributed by atoms with Gasteiger partial charge in [-0.15, -0.1) is 0 Å². The van der Waals surface area contributed by atoms with Gasteiger partial charge in [0.05, 0.1) is 13.2 Å². The number of hydrogen-bond donors (Lipinski definition) is 3. The highest BCUT2D eigenvalue weighted by molar-refractivity contribution is 5.73. The smallest absolute Gasteiger partial charge is 0.315 e. The number of amides is 2. The second-order valence-electron chi connectivity index (χ2n) is 3.89. The van der Waals surface area contributed by atoms with Gasteiger partial charge < -0.3 is 20.5 Å². The maximum Gasteiger partial charge on any atom is 0.315 e. The van der Waals surface area contributed by atoms with Crippen molar-refractivity contribution in [1.29, 1.82) is 0 Å². The van der Waals surface area contributed by atoms with E-state index in [0.717, 1.165) is 0 Å². The number of benzene rings is 1. The number of nitrogens with one attached hydrogen (secondary N) is 2. The maximum atomic E-state index is 13.3. The van der Waals surface area contributed by atoms with Crippen LogP contribution in [0.5, 0.6) is 0 Å². The summed E-state index contributed by atoms with van der Waals surface area (Å²) in [6, 6.07) is 5.96. The Morgan fingerprint density at radius 3 is 2.79 bits per heavy atom. The normalized spacial score (nSPS) is 10.2. The van der Waals surface area contributed by atoms with Crippen molar-refractivity contribution in [1.82, 2.24) is 10.6 Å². The van der Waals surface area contributed by atoms with E-state index in [9.17, 15) is 9.18 Å². The summed E-state index contributed by atoms with van der Waals surface area (Å²) in [6.07, 6.45) is 0.660. The molecule has 106 valence electrons. The third-order valence-corrected chi connectivity index (χ3v) is 2.38. The molecule has 0 saturated heterocycles. The van der Waals surface area contributed by atoms with Crippen LogP contribution >= 0.6 is 0 Å². The quantitative estimate of drug-likeness (QED) is 0.618. The van der Waals surface area contributed by atoms with Crippen molar-refractivity contribution in [3.63, 3.8) is 0 Å². The molecule has 6 heteroatoms. The van der Waals surface area contributed by atoms with E-state index in [1.54, 1.807) is 18.2 Å². The van der Waals surface area contributed by atoms with Gasteiger partial charge in [0.1, 0.15) is 5.82 Å². The Kier molecular flexibility index (Phi) is 7.53. The summed E-state index contributed by atoms with van der Waals surface area (Å²) in [6.45, 7) is 1.40. The summed E-state index contributed by atoms with van der Waals surface area (Å²) in [7, 11) is 0. The van der Waals surface area contributed by atoms with Crippen LogP contribution in [-0.4, -0.2) is 37.5 Å². The highest BCUT2D eigenvalue weighted by Gasteiger charge is 2.03. The molecule has 1 rings (SSSR count). The molecule has 1 aromatic rings. The lowest BCUT2D eigenvalue weighted by Crippen LogP contribution is -2.36. The molecule has 0 aliphatic rings. The molecule has 0 fully saturated rings. The fourth-order valence-electron chi connectivity index (χ4n) is 1.42. The molecule has 0 unspecified atom stereocenters. The van der Waals surface area contributed by atoms with Gasteiger partial charge in [-0.05, 0) is 12.5 Å². The van der Waals surface area contributed by atoms with Gasteiger partial charge in [-0.3, -0.25) is 0 Å². The number of aliphatic hydroxyl groups is 1. The highest BCUT2D eigenvalue weighted by atomic mass is 19.1. The Morgan fingerprint density at radius 1 is 1.26 bits per heavy atom. The van der Waals surface area contributed by atoms with Crippen molar-refractivity contribution in [3.8, 4) is 0 Å². The first-order valence-corrected chi connectivity index (χ1v) is 6.17. The molecule has 1 aromatic carbocycles. The van der Waals surface area contributed by atoms with Crippen LogP contribution in [0.1, 0.15) is 12.0 Å². The first-order valence-electron chi connectivity index (χ1n) is 6.17. The Bertz CT molecular complexity index is 388. The molecule has 0 aliphatic carbocycles. The van der Waals surface area contributed by atoms with Crippen LogP contribution in [0.2, 0.25) is 0 Å². The van der Waals surface area contributed by atoms with Gasteiger partial charge in [-0.2, -0.15) is 0 Å². The first-order chi connectivity index (χ1) is 9.24. The monoisotopic (exact) mass is 270 g/mol. The summed E-state index contributed by atoms with van der Waals surface area (Å²) < 4.78 is 18.3. The number of ether oxygens (including phenoxy) is 1. The van der Waals surface area contributed by atoms with Crippen molar-refractivity contribution in [2.45, 2.75) is 13.0 Å². The lowest BCUT2D eigenvalue weighted by molar-refractivity contribution is 0.0910. The Labute approximate surface area is 111 Å².